The van der Waals surface area contributed by atoms with Crippen molar-refractivity contribution >= 4 is 17.5 Å². The Hall–Kier alpha value is -3.74. The first-order valence-electron chi connectivity index (χ1n) is 10.7. The number of carbonyl (C=O) groups is 2. The highest BCUT2D eigenvalue weighted by atomic mass is 19.1. The SMILES string of the molecule is O=C(c1cccc2c1C(=O)N(Cc1cccnc1)C2)N1CCN(c2ccc(F)cc2)CC1. The van der Waals surface area contributed by atoms with Crippen LogP contribution in [-0.2, 0) is 13.1 Å². The normalized spacial score (nSPS) is 15.8. The van der Waals surface area contributed by atoms with Gasteiger partial charge in [0.1, 0.15) is 5.82 Å². The molecule has 3 heterocycles. The lowest BCUT2D eigenvalue weighted by Gasteiger charge is -2.36. The number of amides is 2. The number of hydrogen-bond donors (Lipinski definition) is 0. The summed E-state index contributed by atoms with van der Waals surface area (Å²) in [5.41, 5.74) is 3.77. The summed E-state index contributed by atoms with van der Waals surface area (Å²) in [7, 11) is 0. The maximum atomic E-state index is 13.3. The molecule has 32 heavy (non-hydrogen) atoms. The number of aromatic nitrogens is 1. The first-order valence-corrected chi connectivity index (χ1v) is 10.7. The van der Waals surface area contributed by atoms with E-state index in [0.29, 0.717) is 50.4 Å². The van der Waals surface area contributed by atoms with Crippen LogP contribution in [0, 0.1) is 5.82 Å². The molecule has 2 aliphatic heterocycles. The molecule has 7 heteroatoms. The van der Waals surface area contributed by atoms with Gasteiger partial charge in [-0.15, -0.1) is 0 Å². The molecule has 2 aliphatic rings. The molecule has 0 aliphatic carbocycles. The largest absolute Gasteiger partial charge is 0.368 e. The highest BCUT2D eigenvalue weighted by molar-refractivity contribution is 6.09. The lowest BCUT2D eigenvalue weighted by molar-refractivity contribution is 0.0721. The van der Waals surface area contributed by atoms with Gasteiger partial charge in [0.25, 0.3) is 11.8 Å². The molecule has 0 N–H and O–H groups in total. The zero-order valence-electron chi connectivity index (χ0n) is 17.6. The lowest BCUT2D eigenvalue weighted by atomic mass is 10.0. The molecule has 5 rings (SSSR count). The van der Waals surface area contributed by atoms with Gasteiger partial charge in [0, 0.05) is 57.3 Å². The van der Waals surface area contributed by atoms with E-state index in [1.54, 1.807) is 40.4 Å². The minimum absolute atomic E-state index is 0.113. The number of rotatable bonds is 4. The summed E-state index contributed by atoms with van der Waals surface area (Å²) < 4.78 is 13.2. The molecule has 3 aromatic rings. The number of halogens is 1. The third-order valence-electron chi connectivity index (χ3n) is 6.10. The fourth-order valence-corrected chi connectivity index (χ4v) is 4.43. The second-order valence-electron chi connectivity index (χ2n) is 8.12. The van der Waals surface area contributed by atoms with E-state index in [1.807, 2.05) is 24.3 Å². The molecule has 0 saturated carbocycles. The van der Waals surface area contributed by atoms with Gasteiger partial charge in [-0.3, -0.25) is 14.6 Å². The predicted octanol–water partition coefficient (Wildman–Crippen LogP) is 3.34. The number of carbonyl (C=O) groups excluding carboxylic acids is 2. The molecule has 0 spiro atoms. The van der Waals surface area contributed by atoms with Gasteiger partial charge in [-0.05, 0) is 47.5 Å². The molecule has 2 aromatic carbocycles. The zero-order chi connectivity index (χ0) is 22.1. The second kappa shape index (κ2) is 8.42. The number of hydrogen-bond acceptors (Lipinski definition) is 4. The van der Waals surface area contributed by atoms with Crippen molar-refractivity contribution in [1.82, 2.24) is 14.8 Å². The monoisotopic (exact) mass is 430 g/mol. The van der Waals surface area contributed by atoms with E-state index < -0.39 is 0 Å². The van der Waals surface area contributed by atoms with E-state index >= 15 is 0 Å². The van der Waals surface area contributed by atoms with E-state index in [2.05, 4.69) is 9.88 Å². The maximum Gasteiger partial charge on any atom is 0.255 e. The van der Waals surface area contributed by atoms with Crippen LogP contribution in [0.2, 0.25) is 0 Å². The summed E-state index contributed by atoms with van der Waals surface area (Å²) in [6, 6.07) is 15.7. The van der Waals surface area contributed by atoms with Crippen molar-refractivity contribution in [3.8, 4) is 0 Å². The Bertz CT molecular complexity index is 1140. The molecule has 0 bridgehead atoms. The third-order valence-corrected chi connectivity index (χ3v) is 6.10. The number of benzene rings is 2. The fraction of sp³-hybridized carbons (Fsp3) is 0.240. The van der Waals surface area contributed by atoms with Crippen LogP contribution < -0.4 is 4.90 Å². The average Bonchev–Trinajstić information content (AvgIpc) is 3.15. The van der Waals surface area contributed by atoms with Crippen LogP contribution in [0.5, 0.6) is 0 Å². The zero-order valence-corrected chi connectivity index (χ0v) is 17.6. The van der Waals surface area contributed by atoms with Gasteiger partial charge in [0.05, 0.1) is 11.1 Å². The maximum absolute atomic E-state index is 13.3. The van der Waals surface area contributed by atoms with Gasteiger partial charge in [-0.2, -0.15) is 0 Å². The Balaban J connectivity index is 1.30. The Morgan fingerprint density at radius 2 is 1.75 bits per heavy atom. The minimum atomic E-state index is -0.261. The molecule has 1 aromatic heterocycles. The minimum Gasteiger partial charge on any atom is -0.368 e. The number of nitrogens with zero attached hydrogens (tertiary/aromatic N) is 4. The van der Waals surface area contributed by atoms with Gasteiger partial charge in [-0.25, -0.2) is 4.39 Å². The Kier molecular flexibility index (Phi) is 5.31. The van der Waals surface area contributed by atoms with Crippen LogP contribution in [0.1, 0.15) is 31.8 Å². The van der Waals surface area contributed by atoms with Gasteiger partial charge < -0.3 is 14.7 Å². The predicted molar refractivity (Wildman–Crippen MR) is 119 cm³/mol. The third kappa shape index (κ3) is 3.82. The van der Waals surface area contributed by atoms with Crippen LogP contribution in [0.4, 0.5) is 10.1 Å². The van der Waals surface area contributed by atoms with E-state index in [9.17, 15) is 14.0 Å². The Morgan fingerprint density at radius 1 is 0.969 bits per heavy atom. The molecule has 6 nitrogen and oxygen atoms in total. The van der Waals surface area contributed by atoms with Gasteiger partial charge in [0.15, 0.2) is 0 Å². The quantitative estimate of drug-likeness (QED) is 0.637. The molecule has 1 saturated heterocycles. The Morgan fingerprint density at radius 3 is 2.47 bits per heavy atom. The number of piperazine rings is 1. The first-order chi connectivity index (χ1) is 15.6. The smallest absolute Gasteiger partial charge is 0.255 e. The van der Waals surface area contributed by atoms with Crippen molar-refractivity contribution in [1.29, 1.82) is 0 Å². The summed E-state index contributed by atoms with van der Waals surface area (Å²) in [5.74, 6) is -0.488. The van der Waals surface area contributed by atoms with E-state index in [0.717, 1.165) is 16.8 Å². The molecule has 0 atom stereocenters. The first kappa shape index (κ1) is 20.2. The Labute approximate surface area is 185 Å². The summed E-state index contributed by atoms with van der Waals surface area (Å²) in [4.78, 5) is 36.3. The van der Waals surface area contributed by atoms with Crippen molar-refractivity contribution in [2.45, 2.75) is 13.1 Å². The number of anilines is 1. The van der Waals surface area contributed by atoms with Crippen molar-refractivity contribution < 1.29 is 14.0 Å². The standard InChI is InChI=1S/C25H23FN4O2/c26-20-6-8-21(9-7-20)28-11-13-29(14-12-28)24(31)22-5-1-4-19-17-30(25(32)23(19)22)16-18-3-2-10-27-15-18/h1-10,15H,11-14,16-17H2. The van der Waals surface area contributed by atoms with Crippen LogP contribution in [0.25, 0.3) is 0 Å². The van der Waals surface area contributed by atoms with Gasteiger partial charge in [-0.1, -0.05) is 18.2 Å². The van der Waals surface area contributed by atoms with Crippen molar-refractivity contribution in [2.75, 3.05) is 31.1 Å². The molecule has 1 fully saturated rings. The molecular formula is C25H23FN4O2. The fourth-order valence-electron chi connectivity index (χ4n) is 4.43. The van der Waals surface area contributed by atoms with Crippen LogP contribution in [0.15, 0.2) is 67.0 Å². The van der Waals surface area contributed by atoms with Crippen molar-refractivity contribution in [3.05, 3.63) is 95.1 Å². The van der Waals surface area contributed by atoms with E-state index in [1.165, 1.54) is 12.1 Å². The van der Waals surface area contributed by atoms with Crippen LogP contribution in [-0.4, -0.2) is 52.8 Å². The summed E-state index contributed by atoms with van der Waals surface area (Å²) >= 11 is 0. The van der Waals surface area contributed by atoms with Crippen LogP contribution in [0.3, 0.4) is 0 Å². The highest BCUT2D eigenvalue weighted by Gasteiger charge is 2.33. The van der Waals surface area contributed by atoms with Crippen molar-refractivity contribution in [3.63, 3.8) is 0 Å². The van der Waals surface area contributed by atoms with Crippen LogP contribution >= 0.6 is 0 Å². The van der Waals surface area contributed by atoms with Gasteiger partial charge in [0.2, 0.25) is 0 Å². The van der Waals surface area contributed by atoms with Crippen molar-refractivity contribution in [2.24, 2.45) is 0 Å². The summed E-state index contributed by atoms with van der Waals surface area (Å²) in [5, 5.41) is 0. The van der Waals surface area contributed by atoms with E-state index in [4.69, 9.17) is 0 Å². The number of fused-ring (bicyclic) bond motifs is 1. The topological polar surface area (TPSA) is 56.8 Å². The molecular weight excluding hydrogens is 407 g/mol. The molecule has 2 amide bonds. The average molecular weight is 430 g/mol. The highest BCUT2D eigenvalue weighted by Crippen LogP contribution is 2.28. The second-order valence-corrected chi connectivity index (χ2v) is 8.12. The summed E-state index contributed by atoms with van der Waals surface area (Å²) in [6.45, 7) is 3.37. The molecule has 162 valence electrons. The number of pyridine rings is 1. The summed E-state index contributed by atoms with van der Waals surface area (Å²) in [6.07, 6.45) is 3.46. The van der Waals surface area contributed by atoms with Gasteiger partial charge >= 0.3 is 0 Å². The van der Waals surface area contributed by atoms with E-state index in [-0.39, 0.29) is 17.6 Å². The lowest BCUT2D eigenvalue weighted by Crippen LogP contribution is -2.49. The molecule has 0 unspecified atom stereocenters. The molecule has 0 radical (unpaired) electrons.